The van der Waals surface area contributed by atoms with E-state index in [1.807, 2.05) is 0 Å². The van der Waals surface area contributed by atoms with Crippen molar-refractivity contribution in [3.63, 3.8) is 0 Å². The summed E-state index contributed by atoms with van der Waals surface area (Å²) in [5.74, 6) is -2.54. The Morgan fingerprint density at radius 3 is 2.53 bits per heavy atom. The van der Waals surface area contributed by atoms with Crippen LogP contribution in [0.3, 0.4) is 0 Å². The van der Waals surface area contributed by atoms with Crippen LogP contribution in [0.25, 0.3) is 0 Å². The maximum absolute atomic E-state index is 13.0. The fourth-order valence-corrected chi connectivity index (χ4v) is 1.73. The molecule has 98 valence electrons. The summed E-state index contributed by atoms with van der Waals surface area (Å²) in [6, 6.07) is 7.55. The van der Waals surface area contributed by atoms with Crippen LogP contribution in [0, 0.1) is 18.6 Å². The lowest BCUT2D eigenvalue weighted by atomic mass is 10.1. The summed E-state index contributed by atoms with van der Waals surface area (Å²) in [6.07, 6.45) is 0. The lowest BCUT2D eigenvalue weighted by molar-refractivity contribution is 0.0969. The van der Waals surface area contributed by atoms with Crippen molar-refractivity contribution in [1.82, 2.24) is 4.57 Å². The Morgan fingerprint density at radius 2 is 1.89 bits per heavy atom. The topological polar surface area (TPSA) is 39.1 Å². The minimum atomic E-state index is -1.08. The van der Waals surface area contributed by atoms with Gasteiger partial charge in [0.05, 0.1) is 6.54 Å². The van der Waals surface area contributed by atoms with Crippen LogP contribution in [-0.4, -0.2) is 10.4 Å². The molecule has 0 N–H and O–H groups in total. The second kappa shape index (κ2) is 5.14. The van der Waals surface area contributed by atoms with E-state index in [2.05, 4.69) is 0 Å². The van der Waals surface area contributed by atoms with E-state index < -0.39 is 17.4 Å². The molecule has 0 unspecified atom stereocenters. The largest absolute Gasteiger partial charge is 0.305 e. The number of pyridine rings is 1. The van der Waals surface area contributed by atoms with Gasteiger partial charge in [-0.05, 0) is 31.2 Å². The van der Waals surface area contributed by atoms with E-state index in [4.69, 9.17) is 0 Å². The number of carbonyl (C=O) groups excluding carboxylic acids is 1. The Kier molecular flexibility index (Phi) is 3.55. The van der Waals surface area contributed by atoms with E-state index in [9.17, 15) is 18.4 Å². The average molecular weight is 263 g/mol. The van der Waals surface area contributed by atoms with Crippen LogP contribution in [0.1, 0.15) is 16.1 Å². The van der Waals surface area contributed by atoms with Gasteiger partial charge in [0.15, 0.2) is 17.4 Å². The molecular weight excluding hydrogens is 252 g/mol. The zero-order chi connectivity index (χ0) is 14.0. The van der Waals surface area contributed by atoms with Crippen molar-refractivity contribution in [3.8, 4) is 0 Å². The van der Waals surface area contributed by atoms with E-state index >= 15 is 0 Å². The first-order valence-corrected chi connectivity index (χ1v) is 5.64. The highest BCUT2D eigenvalue weighted by atomic mass is 19.2. The van der Waals surface area contributed by atoms with E-state index in [1.165, 1.54) is 16.7 Å². The Morgan fingerprint density at radius 1 is 1.16 bits per heavy atom. The Balaban J connectivity index is 2.31. The summed E-state index contributed by atoms with van der Waals surface area (Å²) >= 11 is 0. The molecule has 0 radical (unpaired) electrons. The molecule has 0 amide bonds. The maximum Gasteiger partial charge on any atom is 0.251 e. The van der Waals surface area contributed by atoms with Gasteiger partial charge in [0.1, 0.15) is 0 Å². The summed E-state index contributed by atoms with van der Waals surface area (Å²) < 4.78 is 27.1. The third kappa shape index (κ3) is 2.76. The lowest BCUT2D eigenvalue weighted by Gasteiger charge is -2.08. The number of rotatable bonds is 3. The SMILES string of the molecule is Cc1cccc(=O)n1CC(=O)c1ccc(F)c(F)c1. The number of Topliss-reactive ketones (excluding diaryl/α,β-unsaturated/α-hetero) is 1. The number of carbonyl (C=O) groups is 1. The molecule has 0 aliphatic heterocycles. The van der Waals surface area contributed by atoms with Gasteiger partial charge in [-0.3, -0.25) is 9.59 Å². The molecule has 0 saturated carbocycles. The molecule has 19 heavy (non-hydrogen) atoms. The molecule has 0 bridgehead atoms. The fourth-order valence-electron chi connectivity index (χ4n) is 1.73. The molecule has 0 aliphatic carbocycles. The fraction of sp³-hybridized carbons (Fsp3) is 0.143. The predicted octanol–water partition coefficient (Wildman–Crippen LogP) is 2.32. The molecule has 0 atom stereocenters. The first kappa shape index (κ1) is 13.1. The van der Waals surface area contributed by atoms with Gasteiger partial charge in [0.25, 0.3) is 5.56 Å². The minimum Gasteiger partial charge on any atom is -0.305 e. The Bertz CT molecular complexity index is 692. The Hall–Kier alpha value is -2.30. The molecule has 2 aromatic rings. The van der Waals surface area contributed by atoms with E-state index in [1.54, 1.807) is 19.1 Å². The third-order valence-corrected chi connectivity index (χ3v) is 2.81. The number of aryl methyl sites for hydroxylation is 1. The van der Waals surface area contributed by atoms with Crippen molar-refractivity contribution < 1.29 is 13.6 Å². The number of halogens is 2. The first-order valence-electron chi connectivity index (χ1n) is 5.64. The van der Waals surface area contributed by atoms with Crippen LogP contribution in [0.5, 0.6) is 0 Å². The van der Waals surface area contributed by atoms with Gasteiger partial charge in [-0.2, -0.15) is 0 Å². The van der Waals surface area contributed by atoms with Crippen molar-refractivity contribution in [2.24, 2.45) is 0 Å². The zero-order valence-electron chi connectivity index (χ0n) is 10.2. The molecular formula is C14H11F2NO2. The quantitative estimate of drug-likeness (QED) is 0.797. The molecule has 5 heteroatoms. The van der Waals surface area contributed by atoms with E-state index in [-0.39, 0.29) is 17.7 Å². The van der Waals surface area contributed by atoms with Crippen molar-refractivity contribution in [2.75, 3.05) is 0 Å². The second-order valence-corrected chi connectivity index (χ2v) is 4.14. The van der Waals surface area contributed by atoms with Crippen molar-refractivity contribution in [2.45, 2.75) is 13.5 Å². The minimum absolute atomic E-state index is 0.0362. The van der Waals surface area contributed by atoms with Crippen molar-refractivity contribution in [3.05, 3.63) is 69.6 Å². The van der Waals surface area contributed by atoms with Crippen LogP contribution < -0.4 is 5.56 Å². The molecule has 0 aliphatic rings. The predicted molar refractivity (Wildman–Crippen MR) is 66.1 cm³/mol. The van der Waals surface area contributed by atoms with Gasteiger partial charge < -0.3 is 4.57 Å². The molecule has 1 aromatic carbocycles. The highest BCUT2D eigenvalue weighted by Crippen LogP contribution is 2.10. The van der Waals surface area contributed by atoms with Crippen LogP contribution in [0.4, 0.5) is 8.78 Å². The van der Waals surface area contributed by atoms with Gasteiger partial charge in [0, 0.05) is 17.3 Å². The number of ketones is 1. The highest BCUT2D eigenvalue weighted by Gasteiger charge is 2.12. The number of hydrogen-bond donors (Lipinski definition) is 0. The smallest absolute Gasteiger partial charge is 0.251 e. The average Bonchev–Trinajstić information content (AvgIpc) is 2.37. The van der Waals surface area contributed by atoms with Gasteiger partial charge in [0.2, 0.25) is 0 Å². The van der Waals surface area contributed by atoms with Crippen LogP contribution in [-0.2, 0) is 6.54 Å². The molecule has 2 rings (SSSR count). The summed E-state index contributed by atoms with van der Waals surface area (Å²) in [4.78, 5) is 23.5. The monoisotopic (exact) mass is 263 g/mol. The second-order valence-electron chi connectivity index (χ2n) is 4.14. The first-order chi connectivity index (χ1) is 8.99. The number of nitrogens with zero attached hydrogens (tertiary/aromatic N) is 1. The summed E-state index contributed by atoms with van der Waals surface area (Å²) in [5, 5.41) is 0. The maximum atomic E-state index is 13.0. The number of aromatic nitrogens is 1. The highest BCUT2D eigenvalue weighted by molar-refractivity contribution is 5.95. The molecule has 0 fully saturated rings. The molecule has 0 spiro atoms. The van der Waals surface area contributed by atoms with Crippen molar-refractivity contribution >= 4 is 5.78 Å². The van der Waals surface area contributed by atoms with Crippen molar-refractivity contribution in [1.29, 1.82) is 0 Å². The molecule has 3 nitrogen and oxygen atoms in total. The standard InChI is InChI=1S/C14H11F2NO2/c1-9-3-2-4-14(19)17(9)8-13(18)10-5-6-11(15)12(16)7-10/h2-7H,8H2,1H3. The number of benzene rings is 1. The lowest BCUT2D eigenvalue weighted by Crippen LogP contribution is -2.25. The Labute approximate surface area is 108 Å². The zero-order valence-corrected chi connectivity index (χ0v) is 10.2. The third-order valence-electron chi connectivity index (χ3n) is 2.81. The molecule has 1 aromatic heterocycles. The van der Waals surface area contributed by atoms with Crippen LogP contribution >= 0.6 is 0 Å². The van der Waals surface area contributed by atoms with Gasteiger partial charge in [-0.25, -0.2) is 8.78 Å². The normalized spacial score (nSPS) is 10.5. The van der Waals surface area contributed by atoms with Gasteiger partial charge in [-0.15, -0.1) is 0 Å². The summed E-state index contributed by atoms with van der Waals surface area (Å²) in [6.45, 7) is 1.50. The van der Waals surface area contributed by atoms with E-state index in [0.29, 0.717) is 5.69 Å². The summed E-state index contributed by atoms with van der Waals surface area (Å²) in [7, 11) is 0. The van der Waals surface area contributed by atoms with Crippen LogP contribution in [0.15, 0.2) is 41.2 Å². The number of hydrogen-bond acceptors (Lipinski definition) is 2. The summed E-state index contributed by atoms with van der Waals surface area (Å²) in [5.41, 5.74) is 0.355. The van der Waals surface area contributed by atoms with Crippen LogP contribution in [0.2, 0.25) is 0 Å². The van der Waals surface area contributed by atoms with Gasteiger partial charge in [-0.1, -0.05) is 6.07 Å². The molecule has 0 saturated heterocycles. The molecule has 1 heterocycles. The van der Waals surface area contributed by atoms with E-state index in [0.717, 1.165) is 12.1 Å². The van der Waals surface area contributed by atoms with Gasteiger partial charge >= 0.3 is 0 Å².